The molecular weight excluding hydrogens is 368 g/mol. The van der Waals surface area contributed by atoms with Gasteiger partial charge in [0, 0.05) is 35.9 Å². The third kappa shape index (κ3) is 3.53. The number of carboxylic acid groups (broad SMARTS) is 1. The zero-order valence-corrected chi connectivity index (χ0v) is 15.9. The summed E-state index contributed by atoms with van der Waals surface area (Å²) in [5.74, 6) is -3.43. The lowest BCUT2D eigenvalue weighted by molar-refractivity contribution is -0.313. The van der Waals surface area contributed by atoms with Crippen LogP contribution in [0.3, 0.4) is 0 Å². The zero-order chi connectivity index (χ0) is 20.5. The summed E-state index contributed by atoms with van der Waals surface area (Å²) in [7, 11) is 1.69. The van der Waals surface area contributed by atoms with Crippen LogP contribution in [0, 0.1) is 23.7 Å². The van der Waals surface area contributed by atoms with Gasteiger partial charge in [-0.1, -0.05) is 36.4 Å². The first-order valence-electron chi connectivity index (χ1n) is 9.59. The molecule has 0 saturated heterocycles. The molecule has 6 nitrogen and oxygen atoms in total. The largest absolute Gasteiger partial charge is 0.550 e. The van der Waals surface area contributed by atoms with Crippen molar-refractivity contribution in [2.45, 2.75) is 6.42 Å². The van der Waals surface area contributed by atoms with Gasteiger partial charge in [-0.25, -0.2) is 0 Å². The summed E-state index contributed by atoms with van der Waals surface area (Å²) < 4.78 is 0. The third-order valence-corrected chi connectivity index (χ3v) is 5.86. The normalized spacial score (nSPS) is 24.3. The highest BCUT2D eigenvalue weighted by Crippen LogP contribution is 2.48. The molecule has 2 aromatic carbocycles. The van der Waals surface area contributed by atoms with E-state index in [2.05, 4.69) is 5.32 Å². The molecule has 4 atom stereocenters. The van der Waals surface area contributed by atoms with Gasteiger partial charge in [-0.05, 0) is 48.6 Å². The van der Waals surface area contributed by atoms with Gasteiger partial charge < -0.3 is 20.1 Å². The van der Waals surface area contributed by atoms with Crippen LogP contribution in [0.1, 0.15) is 16.8 Å². The molecule has 0 unspecified atom stereocenters. The summed E-state index contributed by atoms with van der Waals surface area (Å²) in [5, 5.41) is 14.3. The summed E-state index contributed by atoms with van der Waals surface area (Å²) in [6, 6.07) is 15.9. The monoisotopic (exact) mass is 389 g/mol. The molecule has 2 bridgehead atoms. The van der Waals surface area contributed by atoms with E-state index in [0.29, 0.717) is 17.7 Å². The summed E-state index contributed by atoms with van der Waals surface area (Å²) in [5.41, 5.74) is 1.65. The highest BCUT2D eigenvalue weighted by Gasteiger charge is 2.48. The van der Waals surface area contributed by atoms with E-state index in [9.17, 15) is 19.5 Å². The Bertz CT molecular complexity index is 985. The molecule has 1 saturated carbocycles. The average molecular weight is 389 g/mol. The average Bonchev–Trinajstić information content (AvgIpc) is 3.35. The maximum atomic E-state index is 12.8. The number of hydrogen-bond acceptors (Lipinski definition) is 4. The van der Waals surface area contributed by atoms with Crippen molar-refractivity contribution in [1.82, 2.24) is 0 Å². The van der Waals surface area contributed by atoms with E-state index in [-0.39, 0.29) is 23.7 Å². The number of fused-ring (bicyclic) bond motifs is 2. The molecule has 148 valence electrons. The van der Waals surface area contributed by atoms with Gasteiger partial charge in [-0.15, -0.1) is 0 Å². The van der Waals surface area contributed by atoms with Crippen LogP contribution in [0.4, 0.5) is 11.4 Å². The molecule has 0 heterocycles. The smallest absolute Gasteiger partial charge is 0.258 e. The van der Waals surface area contributed by atoms with E-state index >= 15 is 0 Å². The summed E-state index contributed by atoms with van der Waals surface area (Å²) in [4.78, 5) is 38.7. The fourth-order valence-corrected chi connectivity index (χ4v) is 4.42. The van der Waals surface area contributed by atoms with Gasteiger partial charge in [0.05, 0.1) is 5.92 Å². The molecule has 2 aliphatic carbocycles. The molecule has 1 N–H and O–H groups in total. The molecule has 29 heavy (non-hydrogen) atoms. The Morgan fingerprint density at radius 3 is 2.34 bits per heavy atom. The Labute approximate surface area is 168 Å². The first-order valence-corrected chi connectivity index (χ1v) is 9.59. The number of allylic oxidation sites excluding steroid dienone is 2. The molecule has 0 radical (unpaired) electrons. The number of nitrogens with zero attached hydrogens (tertiary/aromatic N) is 1. The summed E-state index contributed by atoms with van der Waals surface area (Å²) in [6.45, 7) is 0. The van der Waals surface area contributed by atoms with Crippen LogP contribution in [-0.4, -0.2) is 24.8 Å². The molecule has 2 aliphatic rings. The molecule has 0 spiro atoms. The summed E-state index contributed by atoms with van der Waals surface area (Å²) >= 11 is 0. The predicted octanol–water partition coefficient (Wildman–Crippen LogP) is 2.09. The summed E-state index contributed by atoms with van der Waals surface area (Å²) in [6.07, 6.45) is 4.45. The fraction of sp³-hybridized carbons (Fsp3) is 0.261. The minimum atomic E-state index is -1.18. The molecule has 0 aliphatic heterocycles. The number of benzene rings is 2. The number of aliphatic carboxylic acids is 1. The van der Waals surface area contributed by atoms with Gasteiger partial charge in [-0.3, -0.25) is 9.59 Å². The topological polar surface area (TPSA) is 89.5 Å². The Kier molecular flexibility index (Phi) is 4.92. The lowest BCUT2D eigenvalue weighted by atomic mass is 9.82. The van der Waals surface area contributed by atoms with Crippen LogP contribution in [0.5, 0.6) is 0 Å². The van der Waals surface area contributed by atoms with Gasteiger partial charge in [0.25, 0.3) is 5.91 Å². The van der Waals surface area contributed by atoms with Gasteiger partial charge >= 0.3 is 0 Å². The Morgan fingerprint density at radius 1 is 0.966 bits per heavy atom. The lowest BCUT2D eigenvalue weighted by Gasteiger charge is -2.27. The van der Waals surface area contributed by atoms with Crippen molar-refractivity contribution >= 4 is 29.2 Å². The minimum absolute atomic E-state index is 0.0862. The van der Waals surface area contributed by atoms with Crippen molar-refractivity contribution in [1.29, 1.82) is 0 Å². The zero-order valence-electron chi connectivity index (χ0n) is 15.9. The number of carbonyl (C=O) groups excluding carboxylic acids is 3. The molecule has 0 aromatic heterocycles. The second-order valence-electron chi connectivity index (χ2n) is 7.59. The van der Waals surface area contributed by atoms with Crippen LogP contribution in [0.25, 0.3) is 0 Å². The maximum absolute atomic E-state index is 12.8. The number of para-hydroxylation sites is 1. The van der Waals surface area contributed by atoms with Crippen molar-refractivity contribution in [3.8, 4) is 0 Å². The van der Waals surface area contributed by atoms with E-state index in [1.54, 1.807) is 31.3 Å². The molecular formula is C23H21N2O4-. The predicted molar refractivity (Wildman–Crippen MR) is 107 cm³/mol. The first-order chi connectivity index (χ1) is 14.0. The highest BCUT2D eigenvalue weighted by atomic mass is 16.4. The van der Waals surface area contributed by atoms with Crippen molar-refractivity contribution in [2.24, 2.45) is 23.7 Å². The second kappa shape index (κ2) is 7.54. The second-order valence-corrected chi connectivity index (χ2v) is 7.59. The fourth-order valence-electron chi connectivity index (χ4n) is 4.42. The van der Waals surface area contributed by atoms with Crippen molar-refractivity contribution in [2.75, 3.05) is 17.3 Å². The highest BCUT2D eigenvalue weighted by molar-refractivity contribution is 6.06. The molecule has 1 fully saturated rings. The number of nitrogens with one attached hydrogen (secondary N) is 1. The molecule has 4 rings (SSSR count). The lowest BCUT2D eigenvalue weighted by Crippen LogP contribution is -2.42. The SMILES string of the molecule is CN(C(=O)c1cccc(NC(=O)[C@H]2[C@@H](C(=O)[O-])[C@H]3C=C[C@H]2C3)c1)c1ccccc1. The van der Waals surface area contributed by atoms with E-state index in [1.165, 1.54) is 4.90 Å². The van der Waals surface area contributed by atoms with E-state index in [4.69, 9.17) is 0 Å². The molecule has 2 aromatic rings. The van der Waals surface area contributed by atoms with Crippen LogP contribution in [-0.2, 0) is 9.59 Å². The third-order valence-electron chi connectivity index (χ3n) is 5.86. The van der Waals surface area contributed by atoms with Gasteiger partial charge in [0.1, 0.15) is 0 Å². The molecule has 6 heteroatoms. The van der Waals surface area contributed by atoms with E-state index in [0.717, 1.165) is 5.69 Å². The quantitative estimate of drug-likeness (QED) is 0.793. The van der Waals surface area contributed by atoms with Crippen LogP contribution >= 0.6 is 0 Å². The van der Waals surface area contributed by atoms with Crippen molar-refractivity contribution in [3.05, 3.63) is 72.3 Å². The Balaban J connectivity index is 1.51. The number of anilines is 2. The van der Waals surface area contributed by atoms with Crippen molar-refractivity contribution < 1.29 is 19.5 Å². The standard InChI is InChI=1S/C23H22N2O4/c1-25(18-8-3-2-4-9-18)22(27)16-6-5-7-17(13-16)24-21(26)19-14-10-11-15(12-14)20(19)23(28)29/h2-11,13-15,19-20H,12H2,1H3,(H,24,26)(H,28,29)/p-1/t14-,15-,19+,20-/m0/s1. The number of rotatable bonds is 5. The molecule has 2 amide bonds. The number of hydrogen-bond donors (Lipinski definition) is 1. The van der Waals surface area contributed by atoms with Crippen LogP contribution < -0.4 is 15.3 Å². The van der Waals surface area contributed by atoms with Gasteiger partial charge in [0.2, 0.25) is 5.91 Å². The Morgan fingerprint density at radius 2 is 1.66 bits per heavy atom. The minimum Gasteiger partial charge on any atom is -0.550 e. The van der Waals surface area contributed by atoms with E-state index < -0.39 is 17.8 Å². The van der Waals surface area contributed by atoms with E-state index in [1.807, 2.05) is 42.5 Å². The van der Waals surface area contributed by atoms with Crippen molar-refractivity contribution in [3.63, 3.8) is 0 Å². The Hall–Kier alpha value is -3.41. The number of carboxylic acids is 1. The van der Waals surface area contributed by atoms with Crippen LogP contribution in [0.15, 0.2) is 66.7 Å². The van der Waals surface area contributed by atoms with Gasteiger partial charge in [-0.2, -0.15) is 0 Å². The van der Waals surface area contributed by atoms with Crippen LogP contribution in [0.2, 0.25) is 0 Å². The number of amides is 2. The maximum Gasteiger partial charge on any atom is 0.258 e. The first kappa shape index (κ1) is 18.9. The number of carbonyl (C=O) groups is 3. The van der Waals surface area contributed by atoms with Gasteiger partial charge in [0.15, 0.2) is 0 Å².